The minimum Gasteiger partial charge on any atom is -0.489 e. The summed E-state index contributed by atoms with van der Waals surface area (Å²) < 4.78 is 6.24. The summed E-state index contributed by atoms with van der Waals surface area (Å²) in [4.78, 5) is 23.4. The lowest BCUT2D eigenvalue weighted by Crippen LogP contribution is -2.16. The Balaban J connectivity index is 1.62. The monoisotopic (exact) mass is 512 g/mol. The van der Waals surface area contributed by atoms with E-state index in [1.807, 2.05) is 42.5 Å². The Morgan fingerprint density at radius 1 is 1.05 bits per heavy atom. The number of carbonyl (C=O) groups is 2. The molecule has 0 saturated heterocycles. The number of benzene rings is 3. The molecule has 4 heteroatoms. The predicted octanol–water partition coefficient (Wildman–Crippen LogP) is 8.79. The molecule has 1 aliphatic rings. The molecule has 3 aromatic carbocycles. The lowest BCUT2D eigenvalue weighted by molar-refractivity contribution is -0.137. The van der Waals surface area contributed by atoms with E-state index >= 15 is 0 Å². The molecule has 0 radical (unpaired) electrons. The highest BCUT2D eigenvalue weighted by atomic mass is 16.5. The van der Waals surface area contributed by atoms with Crippen LogP contribution in [0.4, 0.5) is 0 Å². The van der Waals surface area contributed by atoms with E-state index in [2.05, 4.69) is 45.0 Å². The van der Waals surface area contributed by atoms with Gasteiger partial charge in [-0.3, -0.25) is 9.59 Å². The molecule has 3 aromatic rings. The van der Waals surface area contributed by atoms with Gasteiger partial charge in [-0.2, -0.15) is 0 Å². The van der Waals surface area contributed by atoms with Crippen LogP contribution in [-0.4, -0.2) is 16.9 Å². The van der Waals surface area contributed by atoms with E-state index in [0.717, 1.165) is 47.3 Å². The number of ether oxygens (including phenoxy) is 1. The van der Waals surface area contributed by atoms with Gasteiger partial charge >= 0.3 is 5.97 Å². The Labute approximate surface area is 227 Å². The first-order chi connectivity index (χ1) is 18.2. The zero-order valence-corrected chi connectivity index (χ0v) is 23.1. The van der Waals surface area contributed by atoms with Crippen LogP contribution in [-0.2, 0) is 11.4 Å². The summed E-state index contributed by atoms with van der Waals surface area (Å²) in [5, 5.41) is 9.34. The molecule has 0 unspecified atom stereocenters. The highest BCUT2D eigenvalue weighted by Crippen LogP contribution is 2.51. The van der Waals surface area contributed by atoms with Crippen LogP contribution in [0.1, 0.15) is 105 Å². The van der Waals surface area contributed by atoms with E-state index in [1.54, 1.807) is 6.92 Å². The maximum atomic E-state index is 12.1. The van der Waals surface area contributed by atoms with Crippen LogP contribution >= 0.6 is 0 Å². The van der Waals surface area contributed by atoms with Crippen molar-refractivity contribution in [3.05, 3.63) is 89.0 Å². The molecule has 1 N–H and O–H groups in total. The number of carboxylic acids is 1. The van der Waals surface area contributed by atoms with Crippen molar-refractivity contribution in [2.75, 3.05) is 0 Å². The molecule has 0 spiro atoms. The lowest BCUT2D eigenvalue weighted by atomic mass is 9.75. The fourth-order valence-corrected chi connectivity index (χ4v) is 6.03. The second-order valence-electron chi connectivity index (χ2n) is 11.4. The Morgan fingerprint density at radius 2 is 1.84 bits per heavy atom. The number of hydrogen-bond acceptors (Lipinski definition) is 3. The van der Waals surface area contributed by atoms with Gasteiger partial charge in [0.25, 0.3) is 0 Å². The summed E-state index contributed by atoms with van der Waals surface area (Å²) in [6.45, 7) is 8.85. The summed E-state index contributed by atoms with van der Waals surface area (Å²) in [5.41, 5.74) is 6.66. The first-order valence-corrected chi connectivity index (χ1v) is 13.9. The number of hydrogen-bond donors (Lipinski definition) is 1. The molecule has 0 aliphatic heterocycles. The van der Waals surface area contributed by atoms with Gasteiger partial charge in [0, 0.05) is 5.56 Å². The number of ketones is 1. The first-order valence-electron chi connectivity index (χ1n) is 13.9. The second-order valence-corrected chi connectivity index (χ2v) is 11.4. The van der Waals surface area contributed by atoms with Gasteiger partial charge < -0.3 is 9.84 Å². The van der Waals surface area contributed by atoms with Crippen LogP contribution in [0.25, 0.3) is 11.1 Å². The molecule has 2 atom stereocenters. The third kappa shape index (κ3) is 6.53. The highest BCUT2D eigenvalue weighted by molar-refractivity contribution is 5.95. The van der Waals surface area contributed by atoms with Crippen molar-refractivity contribution >= 4 is 11.8 Å². The standard InChI is InChI=1S/C34H40O4/c1-5-9-26(21-33(36)37)27-11-7-13-29(20-27)38-22-24-15-16-30(28-12-6-10-25(19-28)23(2)35)31(18-24)32-14-8-17-34(32,3)4/h6-7,10-13,15-16,18-20,26,32H,5,8-9,14,17,21-22H2,1-4H3,(H,36,37)/t26-,32+/m0/s1. The van der Waals surface area contributed by atoms with E-state index in [0.29, 0.717) is 12.5 Å². The number of aliphatic carboxylic acids is 1. The normalized spacial score (nSPS) is 17.2. The molecule has 1 saturated carbocycles. The van der Waals surface area contributed by atoms with Gasteiger partial charge in [-0.05, 0) is 89.5 Å². The molecular weight excluding hydrogens is 472 g/mol. The maximum Gasteiger partial charge on any atom is 0.303 e. The SMILES string of the molecule is CCC[C@@H](CC(=O)O)c1cccc(OCc2ccc(-c3cccc(C(C)=O)c3)c([C@H]3CCCC3(C)C)c2)c1. The molecule has 0 bridgehead atoms. The van der Waals surface area contributed by atoms with E-state index in [-0.39, 0.29) is 23.5 Å². The Bertz CT molecular complexity index is 1290. The van der Waals surface area contributed by atoms with Crippen molar-refractivity contribution in [1.29, 1.82) is 0 Å². The molecule has 1 aliphatic carbocycles. The molecule has 200 valence electrons. The van der Waals surface area contributed by atoms with Crippen LogP contribution in [0.3, 0.4) is 0 Å². The van der Waals surface area contributed by atoms with Crippen molar-refractivity contribution < 1.29 is 19.4 Å². The fourth-order valence-electron chi connectivity index (χ4n) is 6.03. The number of rotatable bonds is 11. The van der Waals surface area contributed by atoms with Crippen molar-refractivity contribution in [3.63, 3.8) is 0 Å². The minimum atomic E-state index is -0.772. The van der Waals surface area contributed by atoms with Gasteiger partial charge in [0.05, 0.1) is 6.42 Å². The van der Waals surface area contributed by atoms with Gasteiger partial charge in [-0.25, -0.2) is 0 Å². The number of carbonyl (C=O) groups excluding carboxylic acids is 1. The van der Waals surface area contributed by atoms with Gasteiger partial charge in [-0.15, -0.1) is 0 Å². The first kappa shape index (κ1) is 27.6. The number of Topliss-reactive ketones (excluding diaryl/α,β-unsaturated/α-hetero) is 1. The van der Waals surface area contributed by atoms with Crippen molar-refractivity contribution in [3.8, 4) is 16.9 Å². The van der Waals surface area contributed by atoms with Gasteiger partial charge in [0.15, 0.2) is 5.78 Å². The molecule has 4 rings (SSSR count). The highest BCUT2D eigenvalue weighted by Gasteiger charge is 2.36. The van der Waals surface area contributed by atoms with Crippen LogP contribution in [0.2, 0.25) is 0 Å². The molecule has 38 heavy (non-hydrogen) atoms. The van der Waals surface area contributed by atoms with Gasteiger partial charge in [0.1, 0.15) is 12.4 Å². The van der Waals surface area contributed by atoms with Crippen LogP contribution in [0, 0.1) is 5.41 Å². The van der Waals surface area contributed by atoms with Crippen LogP contribution in [0.15, 0.2) is 66.7 Å². The zero-order valence-electron chi connectivity index (χ0n) is 23.1. The molecule has 0 aromatic heterocycles. The van der Waals surface area contributed by atoms with E-state index < -0.39 is 5.97 Å². The minimum absolute atomic E-state index is 0.0118. The average molecular weight is 513 g/mol. The molecule has 4 nitrogen and oxygen atoms in total. The molecular formula is C34H40O4. The molecule has 0 amide bonds. The maximum absolute atomic E-state index is 12.1. The number of carboxylic acid groups (broad SMARTS) is 1. The molecule has 1 fully saturated rings. The average Bonchev–Trinajstić information content (AvgIpc) is 3.25. The van der Waals surface area contributed by atoms with Crippen LogP contribution in [0.5, 0.6) is 5.75 Å². The summed E-state index contributed by atoms with van der Waals surface area (Å²) >= 11 is 0. The van der Waals surface area contributed by atoms with E-state index in [1.165, 1.54) is 24.0 Å². The Kier molecular flexibility index (Phi) is 8.71. The fraction of sp³-hybridized carbons (Fsp3) is 0.412. The smallest absolute Gasteiger partial charge is 0.303 e. The summed E-state index contributed by atoms with van der Waals surface area (Å²) in [6, 6.07) is 22.4. The van der Waals surface area contributed by atoms with E-state index in [4.69, 9.17) is 4.74 Å². The zero-order chi connectivity index (χ0) is 27.3. The summed E-state index contributed by atoms with van der Waals surface area (Å²) in [5.74, 6) is 0.488. The second kappa shape index (κ2) is 12.0. The Hall–Kier alpha value is -3.40. The molecule has 0 heterocycles. The van der Waals surface area contributed by atoms with Gasteiger partial charge in [0.2, 0.25) is 0 Å². The quantitative estimate of drug-likeness (QED) is 0.261. The summed E-state index contributed by atoms with van der Waals surface area (Å²) in [7, 11) is 0. The van der Waals surface area contributed by atoms with Crippen molar-refractivity contribution in [2.24, 2.45) is 5.41 Å². The Morgan fingerprint density at radius 3 is 2.53 bits per heavy atom. The lowest BCUT2D eigenvalue weighted by Gasteiger charge is -2.30. The topological polar surface area (TPSA) is 63.6 Å². The summed E-state index contributed by atoms with van der Waals surface area (Å²) in [6.07, 6.45) is 5.47. The van der Waals surface area contributed by atoms with Crippen molar-refractivity contribution in [1.82, 2.24) is 0 Å². The predicted molar refractivity (Wildman–Crippen MR) is 153 cm³/mol. The van der Waals surface area contributed by atoms with Crippen molar-refractivity contribution in [2.45, 2.75) is 84.7 Å². The third-order valence-corrected chi connectivity index (χ3v) is 8.12. The van der Waals surface area contributed by atoms with Crippen LogP contribution < -0.4 is 4.74 Å². The van der Waals surface area contributed by atoms with Gasteiger partial charge in [-0.1, -0.05) is 82.1 Å². The largest absolute Gasteiger partial charge is 0.489 e. The third-order valence-electron chi connectivity index (χ3n) is 8.12. The van der Waals surface area contributed by atoms with E-state index in [9.17, 15) is 14.7 Å².